The molecule has 7 nitrogen and oxygen atoms in total. The molecule has 2 rings (SSSR count). The highest BCUT2D eigenvalue weighted by Gasteiger charge is 2.25. The summed E-state index contributed by atoms with van der Waals surface area (Å²) in [5, 5.41) is 20.9. The van der Waals surface area contributed by atoms with Crippen LogP contribution in [0.2, 0.25) is 0 Å². The predicted molar refractivity (Wildman–Crippen MR) is 103 cm³/mol. The number of anilines is 1. The zero-order valence-electron chi connectivity index (χ0n) is 16.0. The number of hydrogen-bond donors (Lipinski definition) is 2. The maximum Gasteiger partial charge on any atom is 0.326 e. The zero-order valence-corrected chi connectivity index (χ0v) is 16.0. The lowest BCUT2D eigenvalue weighted by atomic mass is 10.0. The van der Waals surface area contributed by atoms with Crippen LogP contribution < -0.4 is 10.2 Å². The molecule has 1 aromatic rings. The summed E-state index contributed by atoms with van der Waals surface area (Å²) in [6.45, 7) is 8.40. The second-order valence-electron chi connectivity index (χ2n) is 7.05. The summed E-state index contributed by atoms with van der Waals surface area (Å²) in [7, 11) is 0. The second-order valence-corrected chi connectivity index (χ2v) is 7.05. The van der Waals surface area contributed by atoms with E-state index in [0.29, 0.717) is 13.1 Å². The number of carbonyl (C=O) groups is 2. The van der Waals surface area contributed by atoms with Crippen molar-refractivity contribution >= 4 is 17.6 Å². The third kappa shape index (κ3) is 5.48. The standard InChI is InChI=1S/C20H26N4O3/c1-14(2)18(20(26)27)22-19(25)16(12-21)13-23-7-9-24(10-8-23)17-6-4-5-15(3)11-17/h4-6,11,13-14,18H,7-10H2,1-3H3,(H,22,25)(H,26,27)/b16-13-. The molecule has 27 heavy (non-hydrogen) atoms. The van der Waals surface area contributed by atoms with Gasteiger partial charge in [0.1, 0.15) is 17.7 Å². The molecule has 1 aromatic carbocycles. The fraction of sp³-hybridized carbons (Fsp3) is 0.450. The molecular weight excluding hydrogens is 344 g/mol. The third-order valence-corrected chi connectivity index (χ3v) is 4.58. The molecule has 0 bridgehead atoms. The van der Waals surface area contributed by atoms with Crippen LogP contribution in [0, 0.1) is 24.2 Å². The Bertz CT molecular complexity index is 759. The maximum absolute atomic E-state index is 12.3. The van der Waals surface area contributed by atoms with Gasteiger partial charge in [0.2, 0.25) is 0 Å². The Kier molecular flexibility index (Phi) is 6.83. The number of carboxylic acids is 1. The first-order valence-electron chi connectivity index (χ1n) is 9.03. The van der Waals surface area contributed by atoms with Crippen LogP contribution in [0.25, 0.3) is 0 Å². The van der Waals surface area contributed by atoms with E-state index < -0.39 is 17.9 Å². The summed E-state index contributed by atoms with van der Waals surface area (Å²) < 4.78 is 0. The van der Waals surface area contributed by atoms with Gasteiger partial charge < -0.3 is 20.2 Å². The molecule has 0 saturated carbocycles. The molecule has 1 aliphatic heterocycles. The molecule has 0 aromatic heterocycles. The fourth-order valence-corrected chi connectivity index (χ4v) is 2.99. The molecule has 0 aliphatic carbocycles. The van der Waals surface area contributed by atoms with Gasteiger partial charge in [-0.15, -0.1) is 0 Å². The summed E-state index contributed by atoms with van der Waals surface area (Å²) in [6, 6.07) is 9.16. The van der Waals surface area contributed by atoms with Crippen molar-refractivity contribution in [3.63, 3.8) is 0 Å². The van der Waals surface area contributed by atoms with Gasteiger partial charge in [0, 0.05) is 38.1 Å². The van der Waals surface area contributed by atoms with E-state index in [4.69, 9.17) is 0 Å². The number of piperazine rings is 1. The molecule has 0 radical (unpaired) electrons. The highest BCUT2D eigenvalue weighted by atomic mass is 16.4. The number of nitrogens with one attached hydrogen (secondary N) is 1. The molecular formula is C20H26N4O3. The van der Waals surface area contributed by atoms with Crippen molar-refractivity contribution in [2.24, 2.45) is 5.92 Å². The normalized spacial score (nSPS) is 16.0. The molecule has 0 spiro atoms. The molecule has 7 heteroatoms. The first kappa shape index (κ1) is 20.3. The van der Waals surface area contributed by atoms with Gasteiger partial charge in [0.15, 0.2) is 0 Å². The smallest absolute Gasteiger partial charge is 0.326 e. The highest BCUT2D eigenvalue weighted by Crippen LogP contribution is 2.18. The molecule has 1 aliphatic rings. The summed E-state index contributed by atoms with van der Waals surface area (Å²) in [6.07, 6.45) is 1.53. The second kappa shape index (κ2) is 9.08. The number of rotatable bonds is 6. The van der Waals surface area contributed by atoms with Crippen LogP contribution in [0.1, 0.15) is 19.4 Å². The van der Waals surface area contributed by atoms with Crippen LogP contribution in [0.5, 0.6) is 0 Å². The Hall–Kier alpha value is -3.01. The van der Waals surface area contributed by atoms with Gasteiger partial charge in [-0.25, -0.2) is 4.79 Å². The Morgan fingerprint density at radius 2 is 1.93 bits per heavy atom. The van der Waals surface area contributed by atoms with E-state index >= 15 is 0 Å². The fourth-order valence-electron chi connectivity index (χ4n) is 2.99. The lowest BCUT2D eigenvalue weighted by molar-refractivity contribution is -0.142. The van der Waals surface area contributed by atoms with Crippen molar-refractivity contribution in [1.29, 1.82) is 5.26 Å². The minimum atomic E-state index is -1.11. The largest absolute Gasteiger partial charge is 0.480 e. The van der Waals surface area contributed by atoms with Gasteiger partial charge in [-0.1, -0.05) is 26.0 Å². The SMILES string of the molecule is Cc1cccc(N2CCN(/C=C(/C#N)C(=O)NC(C(=O)O)C(C)C)CC2)c1. The van der Waals surface area contributed by atoms with E-state index in [1.165, 1.54) is 11.8 Å². The van der Waals surface area contributed by atoms with E-state index in [0.717, 1.165) is 18.8 Å². The third-order valence-electron chi connectivity index (χ3n) is 4.58. The number of nitriles is 1. The zero-order chi connectivity index (χ0) is 20.0. The van der Waals surface area contributed by atoms with Gasteiger partial charge in [-0.3, -0.25) is 4.79 Å². The lowest BCUT2D eigenvalue weighted by Gasteiger charge is -2.35. The Morgan fingerprint density at radius 3 is 2.44 bits per heavy atom. The van der Waals surface area contributed by atoms with E-state index in [2.05, 4.69) is 35.3 Å². The van der Waals surface area contributed by atoms with Crippen LogP contribution in [0.4, 0.5) is 5.69 Å². The summed E-state index contributed by atoms with van der Waals surface area (Å²) in [5.41, 5.74) is 2.29. The lowest BCUT2D eigenvalue weighted by Crippen LogP contribution is -2.46. The topological polar surface area (TPSA) is 96.7 Å². The predicted octanol–water partition coefficient (Wildman–Crippen LogP) is 1.75. The van der Waals surface area contributed by atoms with Crippen LogP contribution in [0.3, 0.4) is 0 Å². The quantitative estimate of drug-likeness (QED) is 0.585. The first-order chi connectivity index (χ1) is 12.8. The molecule has 2 N–H and O–H groups in total. The molecule has 1 atom stereocenters. The van der Waals surface area contributed by atoms with E-state index in [1.54, 1.807) is 13.8 Å². The molecule has 1 unspecified atom stereocenters. The molecule has 1 heterocycles. The van der Waals surface area contributed by atoms with Crippen LogP contribution in [-0.2, 0) is 9.59 Å². The van der Waals surface area contributed by atoms with Crippen molar-refractivity contribution in [2.75, 3.05) is 31.1 Å². The van der Waals surface area contributed by atoms with Gasteiger partial charge in [0.05, 0.1) is 0 Å². The summed E-state index contributed by atoms with van der Waals surface area (Å²) >= 11 is 0. The molecule has 1 amide bonds. The molecule has 1 saturated heterocycles. The van der Waals surface area contributed by atoms with Gasteiger partial charge in [0.25, 0.3) is 5.91 Å². The van der Waals surface area contributed by atoms with Crippen molar-refractivity contribution in [1.82, 2.24) is 10.2 Å². The Balaban J connectivity index is 1.99. The van der Waals surface area contributed by atoms with Crippen molar-refractivity contribution in [3.8, 4) is 6.07 Å². The number of benzene rings is 1. The van der Waals surface area contributed by atoms with Gasteiger partial charge in [-0.2, -0.15) is 5.26 Å². The minimum Gasteiger partial charge on any atom is -0.480 e. The van der Waals surface area contributed by atoms with Crippen molar-refractivity contribution in [3.05, 3.63) is 41.6 Å². The van der Waals surface area contributed by atoms with E-state index in [1.807, 2.05) is 17.0 Å². The van der Waals surface area contributed by atoms with Crippen molar-refractivity contribution in [2.45, 2.75) is 26.8 Å². The molecule has 144 valence electrons. The van der Waals surface area contributed by atoms with Crippen LogP contribution in [-0.4, -0.2) is 54.1 Å². The number of carbonyl (C=O) groups excluding carboxylic acids is 1. The minimum absolute atomic E-state index is 0.0779. The van der Waals surface area contributed by atoms with E-state index in [9.17, 15) is 20.0 Å². The van der Waals surface area contributed by atoms with Crippen molar-refractivity contribution < 1.29 is 14.7 Å². The summed E-state index contributed by atoms with van der Waals surface area (Å²) in [5.74, 6) is -2.04. The average Bonchev–Trinajstić information content (AvgIpc) is 2.64. The van der Waals surface area contributed by atoms with Gasteiger partial charge in [-0.05, 0) is 30.5 Å². The average molecular weight is 370 g/mol. The van der Waals surface area contributed by atoms with Gasteiger partial charge >= 0.3 is 5.97 Å². The number of nitrogens with zero attached hydrogens (tertiary/aromatic N) is 3. The Morgan fingerprint density at radius 1 is 1.26 bits per heavy atom. The number of carboxylic acid groups (broad SMARTS) is 1. The highest BCUT2D eigenvalue weighted by molar-refractivity contribution is 5.99. The van der Waals surface area contributed by atoms with Crippen LogP contribution >= 0.6 is 0 Å². The number of aryl methyl sites for hydroxylation is 1. The maximum atomic E-state index is 12.3. The summed E-state index contributed by atoms with van der Waals surface area (Å²) in [4.78, 5) is 27.7. The number of hydrogen-bond acceptors (Lipinski definition) is 5. The number of aliphatic carboxylic acids is 1. The van der Waals surface area contributed by atoms with E-state index in [-0.39, 0.29) is 11.5 Å². The first-order valence-corrected chi connectivity index (χ1v) is 9.03. The van der Waals surface area contributed by atoms with Crippen LogP contribution in [0.15, 0.2) is 36.0 Å². The Labute approximate surface area is 159 Å². The molecule has 1 fully saturated rings. The number of amides is 1. The monoisotopic (exact) mass is 370 g/mol.